The normalized spacial score (nSPS) is 23.8. The molecule has 3 N–H and O–H groups in total. The van der Waals surface area contributed by atoms with Crippen molar-refractivity contribution in [3.63, 3.8) is 0 Å². The lowest BCUT2D eigenvalue weighted by Crippen LogP contribution is -2.55. The van der Waals surface area contributed by atoms with Crippen LogP contribution in [0.15, 0.2) is 42.5 Å². The number of hydrogen-bond acceptors (Lipinski definition) is 6. The fraction of sp³-hybridized carbons (Fsp3) is 0.548. The van der Waals surface area contributed by atoms with Gasteiger partial charge >= 0.3 is 24.4 Å². The Bertz CT molecular complexity index is 1370. The third kappa shape index (κ3) is 8.16. The second-order valence-corrected chi connectivity index (χ2v) is 11.5. The number of rotatable bonds is 6. The van der Waals surface area contributed by atoms with Crippen LogP contribution in [0, 0.1) is 0 Å². The summed E-state index contributed by atoms with van der Waals surface area (Å²) in [5.41, 5.74) is 0.443. The first kappa shape index (κ1) is 35.1. The number of nitrogens with zero attached hydrogens (tertiary/aromatic N) is 1. The number of fused-ring (bicyclic) bond motifs is 1. The average Bonchev–Trinajstić information content (AvgIpc) is 3.40. The van der Waals surface area contributed by atoms with Crippen LogP contribution in [0.3, 0.4) is 0 Å². The minimum absolute atomic E-state index is 0.0897. The maximum absolute atomic E-state index is 13.1. The minimum Gasteiger partial charge on any atom is -0.493 e. The Balaban J connectivity index is 0.000000617. The van der Waals surface area contributed by atoms with Crippen molar-refractivity contribution in [3.05, 3.63) is 53.6 Å². The molecule has 5 rings (SSSR count). The van der Waals surface area contributed by atoms with E-state index in [9.17, 15) is 31.1 Å². The van der Waals surface area contributed by atoms with Crippen LogP contribution in [0.25, 0.3) is 0 Å². The van der Waals surface area contributed by atoms with Crippen molar-refractivity contribution in [1.82, 2.24) is 10.2 Å². The lowest BCUT2D eigenvalue weighted by atomic mass is 9.65. The lowest BCUT2D eigenvalue weighted by molar-refractivity contribution is -0.192. The maximum atomic E-state index is 13.1. The summed E-state index contributed by atoms with van der Waals surface area (Å²) < 4.78 is 87.8. The van der Waals surface area contributed by atoms with Crippen LogP contribution >= 0.6 is 0 Å². The van der Waals surface area contributed by atoms with E-state index in [1.165, 1.54) is 17.7 Å². The summed E-state index contributed by atoms with van der Waals surface area (Å²) in [5, 5.41) is 12.8. The third-order valence-corrected chi connectivity index (χ3v) is 8.94. The van der Waals surface area contributed by atoms with Gasteiger partial charge in [-0.05, 0) is 81.0 Å². The molecular weight excluding hydrogens is 624 g/mol. The van der Waals surface area contributed by atoms with Crippen molar-refractivity contribution < 1.29 is 55.2 Å². The first-order valence-corrected chi connectivity index (χ1v) is 14.8. The Hall–Kier alpha value is -3.72. The molecule has 0 spiro atoms. The molecule has 2 aromatic rings. The van der Waals surface area contributed by atoms with Crippen LogP contribution < -0.4 is 20.1 Å². The molecular formula is C31H37F6N3O6. The number of ether oxygens (including phenoxy) is 3. The average molecular weight is 662 g/mol. The van der Waals surface area contributed by atoms with Gasteiger partial charge in [-0.15, -0.1) is 0 Å². The lowest BCUT2D eigenvalue weighted by Gasteiger charge is -2.47. The molecule has 15 heteroatoms. The number of likely N-dealkylation sites (tertiary alicyclic amines) is 1. The van der Waals surface area contributed by atoms with Crippen LogP contribution in [0.5, 0.6) is 11.5 Å². The summed E-state index contributed by atoms with van der Waals surface area (Å²) in [5.74, 6) is -1.36. The molecule has 0 aromatic heterocycles. The van der Waals surface area contributed by atoms with Crippen molar-refractivity contribution in [2.75, 3.05) is 39.3 Å². The number of aliphatic carboxylic acids is 1. The molecule has 46 heavy (non-hydrogen) atoms. The highest BCUT2D eigenvalue weighted by molar-refractivity contribution is 5.89. The van der Waals surface area contributed by atoms with E-state index < -0.39 is 29.9 Å². The number of carboxylic acid groups (broad SMARTS) is 1. The molecule has 2 heterocycles. The molecule has 2 amide bonds. The summed E-state index contributed by atoms with van der Waals surface area (Å²) in [7, 11) is 3.27. The number of anilines is 1. The van der Waals surface area contributed by atoms with E-state index in [0.29, 0.717) is 17.5 Å². The molecule has 1 aliphatic carbocycles. The van der Waals surface area contributed by atoms with Crippen molar-refractivity contribution in [2.24, 2.45) is 0 Å². The smallest absolute Gasteiger partial charge is 0.490 e. The van der Waals surface area contributed by atoms with Gasteiger partial charge in [0.1, 0.15) is 0 Å². The highest BCUT2D eigenvalue weighted by atomic mass is 19.4. The summed E-state index contributed by atoms with van der Waals surface area (Å²) in [6, 6.07) is 10.9. The number of hydrogen-bond donors (Lipinski definition) is 3. The highest BCUT2D eigenvalue weighted by Crippen LogP contribution is 2.51. The molecule has 3 unspecified atom stereocenters. The van der Waals surface area contributed by atoms with Crippen molar-refractivity contribution in [2.45, 2.75) is 74.4 Å². The number of carboxylic acids is 1. The SMILES string of the molecule is COc1ccc(C23CCC(NC(=O)Nc4cccc(C(F)(F)F)c4)CC2N(C2CCOCC2)CC3)cc1OC.O=C(O)C(F)(F)F. The fourth-order valence-corrected chi connectivity index (χ4v) is 6.78. The number of halogens is 6. The van der Waals surface area contributed by atoms with Crippen LogP contribution in [0.1, 0.15) is 49.7 Å². The predicted octanol–water partition coefficient (Wildman–Crippen LogP) is 6.22. The summed E-state index contributed by atoms with van der Waals surface area (Å²) in [6.07, 6.45) is -4.19. The highest BCUT2D eigenvalue weighted by Gasteiger charge is 2.53. The van der Waals surface area contributed by atoms with Crippen molar-refractivity contribution in [3.8, 4) is 11.5 Å². The van der Waals surface area contributed by atoms with Crippen LogP contribution in [-0.4, -0.2) is 80.3 Å². The Morgan fingerprint density at radius 1 is 0.957 bits per heavy atom. The number of carbonyl (C=O) groups is 2. The minimum atomic E-state index is -5.08. The molecule has 9 nitrogen and oxygen atoms in total. The van der Waals surface area contributed by atoms with E-state index in [-0.39, 0.29) is 23.2 Å². The number of carbonyl (C=O) groups excluding carboxylic acids is 1. The van der Waals surface area contributed by atoms with Crippen LogP contribution in [-0.2, 0) is 21.1 Å². The van der Waals surface area contributed by atoms with Gasteiger partial charge in [0.05, 0.1) is 19.8 Å². The molecule has 3 aliphatic rings. The topological polar surface area (TPSA) is 109 Å². The maximum Gasteiger partial charge on any atom is 0.490 e. The Kier molecular flexibility index (Phi) is 11.0. The van der Waals surface area contributed by atoms with E-state index in [1.54, 1.807) is 14.2 Å². The Morgan fingerprint density at radius 3 is 2.24 bits per heavy atom. The first-order valence-electron chi connectivity index (χ1n) is 14.8. The van der Waals surface area contributed by atoms with Gasteiger partial charge in [0.25, 0.3) is 0 Å². The van der Waals surface area contributed by atoms with Gasteiger partial charge in [0.2, 0.25) is 0 Å². The first-order chi connectivity index (χ1) is 21.7. The molecule has 2 aromatic carbocycles. The van der Waals surface area contributed by atoms with Crippen LogP contribution in [0.2, 0.25) is 0 Å². The number of urea groups is 1. The molecule has 3 atom stereocenters. The predicted molar refractivity (Wildman–Crippen MR) is 155 cm³/mol. The van der Waals surface area contributed by atoms with Gasteiger partial charge in [-0.3, -0.25) is 4.90 Å². The summed E-state index contributed by atoms with van der Waals surface area (Å²) >= 11 is 0. The van der Waals surface area contributed by atoms with E-state index in [1.807, 2.05) is 6.07 Å². The van der Waals surface area contributed by atoms with Crippen LogP contribution in [0.4, 0.5) is 36.8 Å². The zero-order chi connectivity index (χ0) is 33.7. The largest absolute Gasteiger partial charge is 0.493 e. The molecule has 0 bridgehead atoms. The third-order valence-electron chi connectivity index (χ3n) is 8.94. The van der Waals surface area contributed by atoms with Gasteiger partial charge in [0, 0.05) is 42.4 Å². The van der Waals surface area contributed by atoms with E-state index in [4.69, 9.17) is 24.1 Å². The van der Waals surface area contributed by atoms with Gasteiger partial charge in [-0.25, -0.2) is 9.59 Å². The van der Waals surface area contributed by atoms with Gasteiger partial charge < -0.3 is 30.0 Å². The quantitative estimate of drug-likeness (QED) is 0.316. The standard InChI is InChI=1S/C29H36F3N3O4.C2HF3O2/c1-37-24-7-6-19(17-25(24)38-2)28-11-8-22(18-26(28)35(13-12-28)23-9-14-39-15-10-23)34-27(36)33-21-5-3-4-20(16-21)29(30,31)32;3-2(4,5)1(6)7/h3-7,16-17,22-23,26H,8-15,18H2,1-2H3,(H2,33,34,36);(H,6,7). The van der Waals surface area contributed by atoms with E-state index >= 15 is 0 Å². The summed E-state index contributed by atoms with van der Waals surface area (Å²) in [6.45, 7) is 2.46. The van der Waals surface area contributed by atoms with Gasteiger partial charge in [-0.2, -0.15) is 26.3 Å². The van der Waals surface area contributed by atoms with Crippen molar-refractivity contribution in [1.29, 1.82) is 0 Å². The second kappa shape index (κ2) is 14.4. The van der Waals surface area contributed by atoms with E-state index in [2.05, 4.69) is 27.7 Å². The molecule has 2 saturated heterocycles. The van der Waals surface area contributed by atoms with Gasteiger partial charge in [0.15, 0.2) is 11.5 Å². The van der Waals surface area contributed by atoms with Gasteiger partial charge in [-0.1, -0.05) is 12.1 Å². The summed E-state index contributed by atoms with van der Waals surface area (Å²) in [4.78, 5) is 24.4. The number of nitrogens with one attached hydrogen (secondary N) is 2. The van der Waals surface area contributed by atoms with E-state index in [0.717, 1.165) is 70.4 Å². The number of alkyl halides is 6. The molecule has 2 aliphatic heterocycles. The fourth-order valence-electron chi connectivity index (χ4n) is 6.78. The number of methoxy groups -OCH3 is 2. The Morgan fingerprint density at radius 2 is 1.63 bits per heavy atom. The Labute approximate surface area is 262 Å². The zero-order valence-corrected chi connectivity index (χ0v) is 25.3. The molecule has 254 valence electrons. The second-order valence-electron chi connectivity index (χ2n) is 11.5. The number of amides is 2. The molecule has 1 saturated carbocycles. The number of benzene rings is 2. The zero-order valence-electron chi connectivity index (χ0n) is 25.3. The monoisotopic (exact) mass is 661 g/mol. The molecule has 3 fully saturated rings. The van der Waals surface area contributed by atoms with Crippen molar-refractivity contribution >= 4 is 17.7 Å². The molecule has 0 radical (unpaired) electrons.